The third-order valence-electron chi connectivity index (χ3n) is 5.69. The summed E-state index contributed by atoms with van der Waals surface area (Å²) >= 11 is 1.56. The maximum atomic E-state index is 13.0. The van der Waals surface area contributed by atoms with Crippen LogP contribution in [-0.2, 0) is 9.59 Å². The molecule has 3 rings (SSSR count). The van der Waals surface area contributed by atoms with Gasteiger partial charge in [0, 0.05) is 13.0 Å². The van der Waals surface area contributed by atoms with E-state index in [2.05, 4.69) is 10.3 Å². The van der Waals surface area contributed by atoms with E-state index in [1.54, 1.807) is 16.8 Å². The standard InChI is InChI=1S/C22H30N4O4S.2ClH/c1-12(2)19(23)22(30)26-9-16(28)8-18(26)21(29)25-17(10-27)14-4-6-15(7-5-14)20-13(3)24-11-31-20;;/h4-7,11-12,16-19,27-28H,8-10,23H2,1-3H3,(H,25,29);2*1H/t16-,17+,18+,19+;;/m1../s1. The Kier molecular flexibility index (Phi) is 11.2. The zero-order valence-corrected chi connectivity index (χ0v) is 21.3. The second-order valence-corrected chi connectivity index (χ2v) is 9.15. The van der Waals surface area contributed by atoms with Gasteiger partial charge in [0.2, 0.25) is 11.8 Å². The average molecular weight is 519 g/mol. The van der Waals surface area contributed by atoms with Gasteiger partial charge >= 0.3 is 0 Å². The van der Waals surface area contributed by atoms with Crippen LogP contribution in [0.1, 0.15) is 37.6 Å². The van der Waals surface area contributed by atoms with Crippen LogP contribution in [0.2, 0.25) is 0 Å². The molecular formula is C22H32Cl2N4O4S. The summed E-state index contributed by atoms with van der Waals surface area (Å²) in [4.78, 5) is 32.4. The van der Waals surface area contributed by atoms with Crippen LogP contribution >= 0.6 is 36.2 Å². The van der Waals surface area contributed by atoms with E-state index in [1.807, 2.05) is 45.0 Å². The van der Waals surface area contributed by atoms with Crippen LogP contribution in [0.5, 0.6) is 0 Å². The molecule has 1 aromatic carbocycles. The Morgan fingerprint density at radius 1 is 1.27 bits per heavy atom. The Bertz CT molecular complexity index is 925. The molecule has 2 amide bonds. The minimum Gasteiger partial charge on any atom is -0.394 e. The number of aliphatic hydroxyl groups excluding tert-OH is 2. The number of benzene rings is 1. The number of halogens is 2. The van der Waals surface area contributed by atoms with E-state index >= 15 is 0 Å². The van der Waals surface area contributed by atoms with Gasteiger partial charge in [-0.3, -0.25) is 9.59 Å². The van der Waals surface area contributed by atoms with Crippen molar-refractivity contribution < 1.29 is 19.8 Å². The van der Waals surface area contributed by atoms with Gasteiger partial charge in [0.1, 0.15) is 6.04 Å². The number of nitrogens with zero attached hydrogens (tertiary/aromatic N) is 2. The number of aliphatic hydroxyl groups is 2. The van der Waals surface area contributed by atoms with Crippen LogP contribution in [0.15, 0.2) is 29.8 Å². The van der Waals surface area contributed by atoms with Crippen molar-refractivity contribution in [3.05, 3.63) is 41.0 Å². The molecule has 11 heteroatoms. The molecule has 1 aliphatic rings. The average Bonchev–Trinajstić information content (AvgIpc) is 3.36. The summed E-state index contributed by atoms with van der Waals surface area (Å²) in [6.07, 6.45) is -0.641. The Morgan fingerprint density at radius 2 is 1.91 bits per heavy atom. The molecule has 0 saturated carbocycles. The van der Waals surface area contributed by atoms with Crippen molar-refractivity contribution in [3.63, 3.8) is 0 Å². The molecule has 33 heavy (non-hydrogen) atoms. The first-order chi connectivity index (χ1) is 14.7. The molecule has 1 aliphatic heterocycles. The number of nitrogens with one attached hydrogen (secondary N) is 1. The molecule has 4 atom stereocenters. The van der Waals surface area contributed by atoms with E-state index < -0.39 is 30.1 Å². The van der Waals surface area contributed by atoms with E-state index in [-0.39, 0.29) is 56.2 Å². The summed E-state index contributed by atoms with van der Waals surface area (Å²) in [5, 5.41) is 22.8. The van der Waals surface area contributed by atoms with Gasteiger partial charge in [-0.05, 0) is 24.0 Å². The Balaban J connectivity index is 0.00000272. The van der Waals surface area contributed by atoms with Crippen molar-refractivity contribution >= 4 is 48.0 Å². The number of carbonyl (C=O) groups excluding carboxylic acids is 2. The van der Waals surface area contributed by atoms with Crippen molar-refractivity contribution in [2.45, 2.75) is 51.4 Å². The topological polar surface area (TPSA) is 129 Å². The summed E-state index contributed by atoms with van der Waals surface area (Å²) in [7, 11) is 0. The highest BCUT2D eigenvalue weighted by Gasteiger charge is 2.41. The van der Waals surface area contributed by atoms with Crippen LogP contribution in [-0.4, -0.2) is 63.3 Å². The summed E-state index contributed by atoms with van der Waals surface area (Å²) in [5.74, 6) is -0.848. The van der Waals surface area contributed by atoms with Gasteiger partial charge in [-0.15, -0.1) is 36.2 Å². The highest BCUT2D eigenvalue weighted by atomic mass is 35.5. The maximum absolute atomic E-state index is 13.0. The quantitative estimate of drug-likeness (QED) is 0.443. The first-order valence-corrected chi connectivity index (χ1v) is 11.3. The molecule has 184 valence electrons. The van der Waals surface area contributed by atoms with Crippen LogP contribution in [0, 0.1) is 12.8 Å². The van der Waals surface area contributed by atoms with Crippen LogP contribution in [0.4, 0.5) is 0 Å². The molecule has 8 nitrogen and oxygen atoms in total. The lowest BCUT2D eigenvalue weighted by Crippen LogP contribution is -2.53. The lowest BCUT2D eigenvalue weighted by Gasteiger charge is -2.29. The monoisotopic (exact) mass is 518 g/mol. The molecule has 0 bridgehead atoms. The lowest BCUT2D eigenvalue weighted by atomic mass is 10.0. The van der Waals surface area contributed by atoms with E-state index in [9.17, 15) is 19.8 Å². The number of aryl methyl sites for hydroxylation is 1. The zero-order valence-electron chi connectivity index (χ0n) is 18.8. The van der Waals surface area contributed by atoms with E-state index in [1.165, 1.54) is 4.90 Å². The van der Waals surface area contributed by atoms with Crippen molar-refractivity contribution in [2.24, 2.45) is 11.7 Å². The molecule has 1 fully saturated rings. The van der Waals surface area contributed by atoms with E-state index in [4.69, 9.17) is 5.73 Å². The van der Waals surface area contributed by atoms with E-state index in [0.29, 0.717) is 0 Å². The van der Waals surface area contributed by atoms with Crippen molar-refractivity contribution in [2.75, 3.05) is 13.2 Å². The minimum atomic E-state index is -0.819. The van der Waals surface area contributed by atoms with Gasteiger partial charge in [-0.1, -0.05) is 38.1 Å². The number of hydrogen-bond donors (Lipinski definition) is 4. The zero-order chi connectivity index (χ0) is 22.7. The van der Waals surface area contributed by atoms with Gasteiger partial charge in [0.05, 0.1) is 40.9 Å². The summed E-state index contributed by atoms with van der Waals surface area (Å²) in [6, 6.07) is 5.39. The third kappa shape index (κ3) is 6.65. The fraction of sp³-hybridized carbons (Fsp3) is 0.500. The maximum Gasteiger partial charge on any atom is 0.243 e. The normalized spacial score (nSPS) is 19.4. The van der Waals surface area contributed by atoms with E-state index in [0.717, 1.165) is 21.7 Å². The smallest absolute Gasteiger partial charge is 0.243 e. The molecule has 0 radical (unpaired) electrons. The highest BCUT2D eigenvalue weighted by molar-refractivity contribution is 7.13. The van der Waals surface area contributed by atoms with Crippen molar-refractivity contribution in [3.8, 4) is 10.4 Å². The lowest BCUT2D eigenvalue weighted by molar-refractivity contribution is -0.140. The molecular weight excluding hydrogens is 487 g/mol. The minimum absolute atomic E-state index is 0. The van der Waals surface area contributed by atoms with Crippen molar-refractivity contribution in [1.29, 1.82) is 0 Å². The molecule has 1 aromatic heterocycles. The molecule has 2 heterocycles. The largest absolute Gasteiger partial charge is 0.394 e. The Hall–Kier alpha value is -1.75. The van der Waals surface area contributed by atoms with Gasteiger partial charge in [-0.25, -0.2) is 4.98 Å². The van der Waals surface area contributed by atoms with Crippen LogP contribution < -0.4 is 11.1 Å². The second kappa shape index (κ2) is 12.6. The number of nitrogens with two attached hydrogens (primary N) is 1. The van der Waals surface area contributed by atoms with Crippen molar-refractivity contribution in [1.82, 2.24) is 15.2 Å². The summed E-state index contributed by atoms with van der Waals surface area (Å²) < 4.78 is 0. The van der Waals surface area contributed by atoms with Crippen LogP contribution in [0.25, 0.3) is 10.4 Å². The van der Waals surface area contributed by atoms with Gasteiger partial charge in [0.15, 0.2) is 0 Å². The number of amides is 2. The number of likely N-dealkylation sites (tertiary alicyclic amines) is 1. The van der Waals surface area contributed by atoms with Gasteiger partial charge in [-0.2, -0.15) is 0 Å². The first-order valence-electron chi connectivity index (χ1n) is 10.4. The molecule has 5 N–H and O–H groups in total. The SMILES string of the molecule is Cc1ncsc1-c1ccc([C@H](CO)NC(=O)[C@@H]2C[C@@H](O)CN2C(=O)[C@@H](N)C(C)C)cc1.Cl.Cl. The molecule has 2 aromatic rings. The number of thiazole rings is 1. The van der Waals surface area contributed by atoms with Gasteiger partial charge < -0.3 is 26.2 Å². The predicted octanol–water partition coefficient (Wildman–Crippen LogP) is 2.06. The highest BCUT2D eigenvalue weighted by Crippen LogP contribution is 2.28. The predicted molar refractivity (Wildman–Crippen MR) is 134 cm³/mol. The first kappa shape index (κ1) is 29.3. The number of carbonyl (C=O) groups is 2. The molecule has 0 unspecified atom stereocenters. The van der Waals surface area contributed by atoms with Gasteiger partial charge in [0.25, 0.3) is 0 Å². The summed E-state index contributed by atoms with van der Waals surface area (Å²) in [6.45, 7) is 5.40. The van der Waals surface area contributed by atoms with Crippen LogP contribution in [0.3, 0.4) is 0 Å². The third-order valence-corrected chi connectivity index (χ3v) is 6.67. The number of aromatic nitrogens is 1. The second-order valence-electron chi connectivity index (χ2n) is 8.30. The number of rotatable bonds is 7. The molecule has 0 aliphatic carbocycles. The Labute approximate surface area is 210 Å². The fourth-order valence-corrected chi connectivity index (χ4v) is 4.54. The molecule has 0 spiro atoms. The fourth-order valence-electron chi connectivity index (χ4n) is 3.73. The Morgan fingerprint density at radius 3 is 2.42 bits per heavy atom. The molecule has 1 saturated heterocycles. The number of β-amino-alcohol motifs (C(OH)–C–C–N with tert-alkyl or cyclic N) is 1. The summed E-state index contributed by atoms with van der Waals surface area (Å²) in [5.41, 5.74) is 10.5. The number of hydrogen-bond acceptors (Lipinski definition) is 7.